The van der Waals surface area contributed by atoms with Crippen LogP contribution >= 0.6 is 23.2 Å². The number of hydrogen-bond acceptors (Lipinski definition) is 5. The Morgan fingerprint density at radius 2 is 1.90 bits per heavy atom. The first-order valence-electron chi connectivity index (χ1n) is 9.91. The Morgan fingerprint density at radius 1 is 1.27 bits per heavy atom. The number of carbonyl (C=O) groups excluding carboxylic acids is 1. The van der Waals surface area contributed by atoms with Crippen LogP contribution in [0.1, 0.15) is 55.6 Å². The monoisotopic (exact) mass is 472 g/mol. The summed E-state index contributed by atoms with van der Waals surface area (Å²) in [5, 5.41) is 8.27. The molecule has 1 aliphatic rings. The van der Waals surface area contributed by atoms with Gasteiger partial charge in [0.15, 0.2) is 5.69 Å². The number of carbonyl (C=O) groups is 1. The first-order chi connectivity index (χ1) is 14.3. The maximum Gasteiger partial charge on any atom is 0.335 e. The van der Waals surface area contributed by atoms with Crippen molar-refractivity contribution in [2.45, 2.75) is 53.0 Å². The summed E-state index contributed by atoms with van der Waals surface area (Å²) in [4.78, 5) is 16.9. The fourth-order valence-electron chi connectivity index (χ4n) is 3.69. The van der Waals surface area contributed by atoms with Crippen molar-refractivity contribution in [3.05, 3.63) is 33.7 Å². The zero-order valence-electron chi connectivity index (χ0n) is 17.3. The summed E-state index contributed by atoms with van der Waals surface area (Å²) < 4.78 is 18.3. The predicted octanol–water partition coefficient (Wildman–Crippen LogP) is 4.47. The first-order valence-corrected chi connectivity index (χ1v) is 11.3. The summed E-state index contributed by atoms with van der Waals surface area (Å²) >= 11 is 11.8. The first kappa shape index (κ1) is 24.5. The molecule has 30 heavy (non-hydrogen) atoms. The number of amides is 1. The van der Waals surface area contributed by atoms with Gasteiger partial charge in [-0.2, -0.15) is 13.5 Å². The molecule has 0 aliphatic heterocycles. The van der Waals surface area contributed by atoms with Gasteiger partial charge in [0.1, 0.15) is 5.15 Å². The maximum absolute atomic E-state index is 12.7. The minimum atomic E-state index is -0.750. The Hall–Kier alpha value is -1.77. The lowest BCUT2D eigenvalue weighted by Gasteiger charge is -2.26. The second-order valence-corrected chi connectivity index (χ2v) is 8.45. The van der Waals surface area contributed by atoms with Crippen LogP contribution < -0.4 is 5.32 Å². The number of rotatable bonds is 5. The Morgan fingerprint density at radius 3 is 2.47 bits per heavy atom. The van der Waals surface area contributed by atoms with Crippen molar-refractivity contribution in [1.29, 1.82) is 0 Å². The van der Waals surface area contributed by atoms with Crippen LogP contribution in [0.5, 0.6) is 0 Å². The van der Waals surface area contributed by atoms with E-state index in [9.17, 15) is 4.79 Å². The molecule has 1 N–H and O–H groups in total. The van der Waals surface area contributed by atoms with Gasteiger partial charge >= 0.3 is 11.6 Å². The number of nitrogens with one attached hydrogen (secondary N) is 1. The van der Waals surface area contributed by atoms with Crippen molar-refractivity contribution in [2.75, 3.05) is 6.54 Å². The summed E-state index contributed by atoms with van der Waals surface area (Å²) in [5.74, 6) is 1.12. The highest BCUT2D eigenvalue weighted by molar-refractivity contribution is 7.51. The molecular formula is C20H26Cl2N4O3S. The molecule has 0 bridgehead atoms. The number of hydrogen-bond donors (Lipinski definition) is 1. The normalized spacial score (nSPS) is 18.3. The van der Waals surface area contributed by atoms with Gasteiger partial charge in [0.05, 0.1) is 10.7 Å². The van der Waals surface area contributed by atoms with Gasteiger partial charge in [-0.25, -0.2) is 4.98 Å². The minimum Gasteiger partial charge on any atom is -0.350 e. The molecule has 10 heteroatoms. The third-order valence-corrected chi connectivity index (χ3v) is 5.99. The van der Waals surface area contributed by atoms with Crippen LogP contribution in [-0.4, -0.2) is 35.6 Å². The number of nitrogens with zero attached hydrogens (tertiary/aromatic N) is 3. The second kappa shape index (κ2) is 11.6. The third-order valence-electron chi connectivity index (χ3n) is 5.43. The zero-order valence-corrected chi connectivity index (χ0v) is 19.6. The second-order valence-electron chi connectivity index (χ2n) is 7.55. The molecule has 2 aromatic rings. The van der Waals surface area contributed by atoms with Gasteiger partial charge in [-0.1, -0.05) is 43.0 Å². The van der Waals surface area contributed by atoms with Gasteiger partial charge in [-0.3, -0.25) is 9.48 Å². The van der Waals surface area contributed by atoms with Crippen LogP contribution in [0.2, 0.25) is 10.2 Å². The van der Waals surface area contributed by atoms with E-state index in [1.807, 2.05) is 13.8 Å². The number of aryl methyl sites for hydroxylation is 2. The van der Waals surface area contributed by atoms with Crippen molar-refractivity contribution in [3.8, 4) is 11.3 Å². The highest BCUT2D eigenvalue weighted by Crippen LogP contribution is 2.33. The van der Waals surface area contributed by atoms with Gasteiger partial charge in [0.2, 0.25) is 0 Å². The largest absolute Gasteiger partial charge is 0.350 e. The molecule has 2 heterocycles. The molecule has 0 radical (unpaired) electrons. The Kier molecular flexibility index (Phi) is 9.45. The predicted molar refractivity (Wildman–Crippen MR) is 118 cm³/mol. The maximum atomic E-state index is 12.7. The lowest BCUT2D eigenvalue weighted by molar-refractivity contribution is 0.0936. The van der Waals surface area contributed by atoms with E-state index in [1.54, 1.807) is 16.9 Å². The van der Waals surface area contributed by atoms with E-state index >= 15 is 0 Å². The standard InChI is InChI=1S/C20H26Cl2N4O.O2S/c1-4-26-19(15-11-23-16(21)9-13(15)3)17(22)18(25-26)20(27)24-10-14-7-5-12(2)6-8-14;1-3-2/h9,11-12,14H,4-8,10H2,1-3H3,(H,24,27);. The number of halogens is 2. The highest BCUT2D eigenvalue weighted by Gasteiger charge is 2.25. The van der Waals surface area contributed by atoms with Crippen LogP contribution in [0.4, 0.5) is 0 Å². The van der Waals surface area contributed by atoms with E-state index in [0.29, 0.717) is 34.9 Å². The van der Waals surface area contributed by atoms with Crippen LogP contribution in [0.25, 0.3) is 11.3 Å². The zero-order chi connectivity index (χ0) is 22.3. The highest BCUT2D eigenvalue weighted by atomic mass is 35.5. The van der Waals surface area contributed by atoms with Crippen LogP contribution in [0, 0.1) is 18.8 Å². The van der Waals surface area contributed by atoms with Crippen molar-refractivity contribution in [3.63, 3.8) is 0 Å². The molecular weight excluding hydrogens is 447 g/mol. The molecule has 1 aliphatic carbocycles. The molecule has 0 spiro atoms. The van der Waals surface area contributed by atoms with Crippen molar-refractivity contribution < 1.29 is 13.2 Å². The van der Waals surface area contributed by atoms with Gasteiger partial charge in [-0.05, 0) is 50.2 Å². The van der Waals surface area contributed by atoms with E-state index in [0.717, 1.165) is 17.0 Å². The summed E-state index contributed by atoms with van der Waals surface area (Å²) in [6, 6.07) is 1.78. The molecule has 0 saturated heterocycles. The topological polar surface area (TPSA) is 93.9 Å². The lowest BCUT2D eigenvalue weighted by atomic mass is 9.83. The summed E-state index contributed by atoms with van der Waals surface area (Å²) in [7, 11) is 0. The molecule has 0 atom stereocenters. The Labute approximate surface area is 190 Å². The van der Waals surface area contributed by atoms with E-state index in [-0.39, 0.29) is 11.6 Å². The quantitative estimate of drug-likeness (QED) is 0.647. The van der Waals surface area contributed by atoms with Crippen molar-refractivity contribution in [1.82, 2.24) is 20.1 Å². The number of pyridine rings is 1. The van der Waals surface area contributed by atoms with Gasteiger partial charge < -0.3 is 5.32 Å². The molecule has 1 saturated carbocycles. The average molecular weight is 473 g/mol. The number of aromatic nitrogens is 3. The fourth-order valence-corrected chi connectivity index (χ4v) is 4.23. The third kappa shape index (κ3) is 6.12. The molecule has 1 fully saturated rings. The SMILES string of the molecule is CCn1nc(C(=O)NCC2CCC(C)CC2)c(Cl)c1-c1cnc(Cl)cc1C.O=S=O. The Bertz CT molecular complexity index is 921. The van der Waals surface area contributed by atoms with E-state index in [2.05, 4.69) is 22.3 Å². The van der Waals surface area contributed by atoms with Crippen LogP contribution in [-0.2, 0) is 18.1 Å². The summed E-state index contributed by atoms with van der Waals surface area (Å²) in [6.45, 7) is 7.48. The van der Waals surface area contributed by atoms with Gasteiger partial charge in [-0.15, -0.1) is 0 Å². The molecule has 2 aromatic heterocycles. The van der Waals surface area contributed by atoms with E-state index in [4.69, 9.17) is 31.6 Å². The van der Waals surface area contributed by atoms with Gasteiger partial charge in [0.25, 0.3) is 5.91 Å². The molecule has 0 aromatic carbocycles. The molecule has 7 nitrogen and oxygen atoms in total. The van der Waals surface area contributed by atoms with E-state index < -0.39 is 11.6 Å². The Balaban J connectivity index is 0.00000101. The van der Waals surface area contributed by atoms with Gasteiger partial charge in [0, 0.05) is 24.8 Å². The van der Waals surface area contributed by atoms with Crippen LogP contribution in [0.15, 0.2) is 12.3 Å². The van der Waals surface area contributed by atoms with Crippen molar-refractivity contribution in [2.24, 2.45) is 11.8 Å². The lowest BCUT2D eigenvalue weighted by Crippen LogP contribution is -2.31. The molecule has 0 unspecified atom stereocenters. The van der Waals surface area contributed by atoms with Crippen molar-refractivity contribution >= 4 is 40.7 Å². The molecule has 3 rings (SSSR count). The van der Waals surface area contributed by atoms with Crippen LogP contribution in [0.3, 0.4) is 0 Å². The average Bonchev–Trinajstić information content (AvgIpc) is 3.04. The summed E-state index contributed by atoms with van der Waals surface area (Å²) in [6.07, 6.45) is 6.48. The summed E-state index contributed by atoms with van der Waals surface area (Å²) in [5.41, 5.74) is 2.75. The minimum absolute atomic E-state index is 0.216. The molecule has 1 amide bonds. The fraction of sp³-hybridized carbons (Fsp3) is 0.550. The molecule has 164 valence electrons. The smallest absolute Gasteiger partial charge is 0.335 e. The van der Waals surface area contributed by atoms with E-state index in [1.165, 1.54) is 25.7 Å².